The molecule has 84 valence electrons. The van der Waals surface area contributed by atoms with Crippen LogP contribution >= 0.6 is 0 Å². The molecule has 0 unspecified atom stereocenters. The molecule has 0 saturated carbocycles. The third-order valence-electron chi connectivity index (χ3n) is 1.27. The summed E-state index contributed by atoms with van der Waals surface area (Å²) in [6.07, 6.45) is -11.2. The van der Waals surface area contributed by atoms with E-state index in [1.807, 2.05) is 0 Å². The topological polar surface area (TPSA) is 20.2 Å². The maximum Gasteiger partial charge on any atom is 0.415 e. The summed E-state index contributed by atoms with van der Waals surface area (Å²) in [6.45, 7) is 1.27. The van der Waals surface area contributed by atoms with Crippen LogP contribution in [0.5, 0.6) is 0 Å². The summed E-state index contributed by atoms with van der Waals surface area (Å²) in [6, 6.07) is 0. The van der Waals surface area contributed by atoms with E-state index in [2.05, 4.69) is 0 Å². The number of alkyl halides is 6. The molecule has 0 aromatic heterocycles. The number of hydrogen-bond acceptors (Lipinski definition) is 1. The summed E-state index contributed by atoms with van der Waals surface area (Å²) in [5.41, 5.74) is -4.59. The second kappa shape index (κ2) is 3.45. The van der Waals surface area contributed by atoms with Crippen molar-refractivity contribution >= 4 is 0 Å². The van der Waals surface area contributed by atoms with E-state index in [1.165, 1.54) is 0 Å². The molecule has 0 aromatic carbocycles. The minimum atomic E-state index is -5.20. The molecule has 1 N–H and O–H groups in total. The maximum atomic E-state index is 12.0. The van der Waals surface area contributed by atoms with Gasteiger partial charge in [0.25, 0.3) is 0 Å². The lowest BCUT2D eigenvalue weighted by molar-refractivity contribution is -0.127. The Morgan fingerprint density at radius 3 is 1.43 bits per heavy atom. The summed E-state index contributed by atoms with van der Waals surface area (Å²) >= 11 is 0. The first-order valence-electron chi connectivity index (χ1n) is 3.43. The third kappa shape index (κ3) is 4.50. The molecule has 0 bridgehead atoms. The fourth-order valence-electron chi connectivity index (χ4n) is 0.769. The summed E-state index contributed by atoms with van der Waals surface area (Å²) in [7, 11) is 0. The van der Waals surface area contributed by atoms with Crippen molar-refractivity contribution in [1.82, 2.24) is 0 Å². The van der Waals surface area contributed by atoms with Crippen LogP contribution < -0.4 is 0 Å². The molecular weight excluding hydrogens is 214 g/mol. The number of halogens is 6. The lowest BCUT2D eigenvalue weighted by Gasteiger charge is -2.24. The number of hydrogen-bond donors (Lipinski definition) is 1. The molecule has 0 atom stereocenters. The van der Waals surface area contributed by atoms with Gasteiger partial charge in [-0.1, -0.05) is 0 Å². The second-order valence-electron chi connectivity index (χ2n) is 3.16. The van der Waals surface area contributed by atoms with Crippen molar-refractivity contribution in [2.24, 2.45) is 0 Å². The zero-order chi connectivity index (χ0) is 11.8. The molecule has 1 nitrogen and oxygen atoms in total. The molecule has 0 fully saturated rings. The van der Waals surface area contributed by atoms with Crippen LogP contribution in [0, 0.1) is 0 Å². The van der Waals surface area contributed by atoms with Gasteiger partial charge in [-0.3, -0.25) is 0 Å². The summed E-state index contributed by atoms with van der Waals surface area (Å²) < 4.78 is 71.1. The van der Waals surface area contributed by atoms with Crippen LogP contribution in [0.1, 0.15) is 13.8 Å². The first-order valence-corrected chi connectivity index (χ1v) is 3.43. The van der Waals surface area contributed by atoms with Crippen LogP contribution in [0.25, 0.3) is 0 Å². The molecule has 7 heteroatoms. The van der Waals surface area contributed by atoms with Gasteiger partial charge < -0.3 is 5.11 Å². The predicted molar refractivity (Wildman–Crippen MR) is 36.5 cm³/mol. The first kappa shape index (κ1) is 13.3. The molecule has 0 saturated heterocycles. The van der Waals surface area contributed by atoms with E-state index >= 15 is 0 Å². The molecule has 0 heterocycles. The minimum Gasteiger partial charge on any atom is -0.386 e. The van der Waals surface area contributed by atoms with Gasteiger partial charge in [-0.2, -0.15) is 26.3 Å². The van der Waals surface area contributed by atoms with Gasteiger partial charge in [-0.05, 0) is 13.8 Å². The highest BCUT2D eigenvalue weighted by molar-refractivity contribution is 5.21. The van der Waals surface area contributed by atoms with Crippen LogP contribution in [0.4, 0.5) is 26.3 Å². The number of rotatable bonds is 1. The normalized spacial score (nSPS) is 15.9. The van der Waals surface area contributed by atoms with E-state index in [1.54, 1.807) is 0 Å². The van der Waals surface area contributed by atoms with Gasteiger partial charge in [0.1, 0.15) is 0 Å². The van der Waals surface area contributed by atoms with Gasteiger partial charge >= 0.3 is 12.4 Å². The molecule has 0 aliphatic heterocycles. The summed E-state index contributed by atoms with van der Waals surface area (Å²) in [5, 5.41) is 8.89. The van der Waals surface area contributed by atoms with Crippen molar-refractivity contribution in [3.05, 3.63) is 11.6 Å². The summed E-state index contributed by atoms with van der Waals surface area (Å²) in [4.78, 5) is 0. The molecule has 0 spiro atoms. The first-order chi connectivity index (χ1) is 5.84. The Bertz CT molecular complexity index is 212. The molecule has 0 amide bonds. The summed E-state index contributed by atoms with van der Waals surface area (Å²) in [5.74, 6) is 0. The smallest absolute Gasteiger partial charge is 0.386 e. The van der Waals surface area contributed by atoms with Crippen molar-refractivity contribution < 1.29 is 31.4 Å². The Balaban J connectivity index is 5.26. The molecule has 0 aliphatic rings. The average Bonchev–Trinajstić information content (AvgIpc) is 1.75. The zero-order valence-corrected chi connectivity index (χ0v) is 7.29. The fourth-order valence-corrected chi connectivity index (χ4v) is 0.769. The highest BCUT2D eigenvalue weighted by Crippen LogP contribution is 2.36. The van der Waals surface area contributed by atoms with Gasteiger partial charge in [0.2, 0.25) is 0 Å². The molecule has 14 heavy (non-hydrogen) atoms. The van der Waals surface area contributed by atoms with Crippen molar-refractivity contribution in [3.63, 3.8) is 0 Å². The molecule has 0 aliphatic carbocycles. The Labute approximate surface area is 76.0 Å². The highest BCUT2D eigenvalue weighted by atomic mass is 19.4. The molecule has 0 rings (SSSR count). The van der Waals surface area contributed by atoms with E-state index in [9.17, 15) is 26.3 Å². The second-order valence-corrected chi connectivity index (χ2v) is 3.16. The van der Waals surface area contributed by atoms with Crippen molar-refractivity contribution in [2.45, 2.75) is 31.8 Å². The Morgan fingerprint density at radius 1 is 1.00 bits per heavy atom. The van der Waals surface area contributed by atoms with Crippen molar-refractivity contribution in [2.75, 3.05) is 0 Å². The highest BCUT2D eigenvalue weighted by Gasteiger charge is 2.45. The van der Waals surface area contributed by atoms with Gasteiger partial charge in [0.15, 0.2) is 0 Å². The molecular formula is C7H8F6O. The Morgan fingerprint density at radius 2 is 1.36 bits per heavy atom. The quantitative estimate of drug-likeness (QED) is 0.534. The van der Waals surface area contributed by atoms with Crippen LogP contribution in [0.15, 0.2) is 11.6 Å². The molecule has 0 radical (unpaired) electrons. The van der Waals surface area contributed by atoms with Crippen molar-refractivity contribution in [1.29, 1.82) is 0 Å². The van der Waals surface area contributed by atoms with Gasteiger partial charge in [-0.15, -0.1) is 0 Å². The molecule has 0 aromatic rings. The van der Waals surface area contributed by atoms with Gasteiger partial charge in [0, 0.05) is 6.08 Å². The minimum absolute atomic E-state index is 0.637. The Kier molecular flexibility index (Phi) is 3.27. The third-order valence-corrected chi connectivity index (χ3v) is 1.27. The van der Waals surface area contributed by atoms with Gasteiger partial charge in [-0.25, -0.2) is 0 Å². The van der Waals surface area contributed by atoms with Gasteiger partial charge in [0.05, 0.1) is 11.2 Å². The van der Waals surface area contributed by atoms with E-state index < -0.39 is 29.6 Å². The van der Waals surface area contributed by atoms with Crippen LogP contribution in [-0.2, 0) is 0 Å². The lowest BCUT2D eigenvalue weighted by Crippen LogP contribution is -2.33. The predicted octanol–water partition coefficient (Wildman–Crippen LogP) is 2.81. The largest absolute Gasteiger partial charge is 0.415 e. The standard InChI is InChI=1S/C7H8F6O/c1-5(2,14)4(7(11,12)13)3-6(8,9)10/h3,14H,1-2H3/b4-3+. The van der Waals surface area contributed by atoms with Crippen molar-refractivity contribution in [3.8, 4) is 0 Å². The average molecular weight is 222 g/mol. The number of allylic oxidation sites excluding steroid dienone is 1. The fraction of sp³-hybridized carbons (Fsp3) is 0.714. The monoisotopic (exact) mass is 222 g/mol. The van der Waals surface area contributed by atoms with E-state index in [0.717, 1.165) is 0 Å². The SMILES string of the molecule is CC(C)(O)/C(=C\C(F)(F)F)C(F)(F)F. The maximum absolute atomic E-state index is 12.0. The van der Waals surface area contributed by atoms with E-state index in [-0.39, 0.29) is 0 Å². The Hall–Kier alpha value is -0.720. The number of aliphatic hydroxyl groups is 1. The lowest BCUT2D eigenvalue weighted by atomic mass is 9.97. The van der Waals surface area contributed by atoms with Crippen LogP contribution in [0.2, 0.25) is 0 Å². The van der Waals surface area contributed by atoms with Crippen LogP contribution in [0.3, 0.4) is 0 Å². The zero-order valence-electron chi connectivity index (χ0n) is 7.29. The van der Waals surface area contributed by atoms with E-state index in [0.29, 0.717) is 13.8 Å². The van der Waals surface area contributed by atoms with Crippen LogP contribution in [-0.4, -0.2) is 23.1 Å². The van der Waals surface area contributed by atoms with E-state index in [4.69, 9.17) is 5.11 Å².